The Kier molecular flexibility index (Phi) is 5.62. The molecule has 0 unspecified atom stereocenters. The molecule has 0 N–H and O–H groups in total. The highest BCUT2D eigenvalue weighted by Gasteiger charge is 2.34. The van der Waals surface area contributed by atoms with Gasteiger partial charge in [0, 0.05) is 12.6 Å². The topological polar surface area (TPSA) is 72.9 Å². The summed E-state index contributed by atoms with van der Waals surface area (Å²) in [4.78, 5) is 14.7. The lowest BCUT2D eigenvalue weighted by atomic mass is 10.1. The minimum absolute atomic E-state index is 0.0958. The Bertz CT molecular complexity index is 956. The summed E-state index contributed by atoms with van der Waals surface area (Å²) in [5.41, 5.74) is 1.19. The Morgan fingerprint density at radius 3 is 2.48 bits per heavy atom. The fraction of sp³-hybridized carbons (Fsp3) is 0.316. The first kappa shape index (κ1) is 19.5. The first-order chi connectivity index (χ1) is 12.8. The van der Waals surface area contributed by atoms with Crippen LogP contribution in [0.1, 0.15) is 28.8 Å². The number of rotatable bonds is 7. The third kappa shape index (κ3) is 4.93. The van der Waals surface area contributed by atoms with Gasteiger partial charge in [0.2, 0.25) is 0 Å². The molecule has 0 bridgehead atoms. The summed E-state index contributed by atoms with van der Waals surface area (Å²) in [5.74, 6) is 0.252. The molecule has 2 aromatic carbocycles. The van der Waals surface area contributed by atoms with Gasteiger partial charge in [0.25, 0.3) is 5.91 Å². The number of ether oxygens (including phenoxy) is 1. The number of amides is 1. The van der Waals surface area contributed by atoms with E-state index in [1.165, 1.54) is 7.11 Å². The molecule has 3 rings (SSSR count). The fourth-order valence-corrected chi connectivity index (χ4v) is 3.46. The molecule has 0 spiro atoms. The van der Waals surface area contributed by atoms with Crippen LogP contribution >= 0.6 is 11.6 Å². The van der Waals surface area contributed by atoms with Gasteiger partial charge < -0.3 is 13.8 Å². The third-order valence-electron chi connectivity index (χ3n) is 4.17. The minimum atomic E-state index is -3.70. The van der Waals surface area contributed by atoms with Crippen LogP contribution in [-0.4, -0.2) is 38.6 Å². The van der Waals surface area contributed by atoms with E-state index >= 15 is 0 Å². The second-order valence-electron chi connectivity index (χ2n) is 6.42. The summed E-state index contributed by atoms with van der Waals surface area (Å²) in [5, 5.41) is 0.406. The Morgan fingerprint density at radius 1 is 1.19 bits per heavy atom. The number of benzene rings is 2. The molecule has 1 amide bonds. The van der Waals surface area contributed by atoms with Crippen molar-refractivity contribution in [1.82, 2.24) is 4.90 Å². The van der Waals surface area contributed by atoms with Crippen LogP contribution < -0.4 is 8.92 Å². The van der Waals surface area contributed by atoms with Gasteiger partial charge in [0.05, 0.1) is 24.0 Å². The molecule has 1 aliphatic carbocycles. The maximum atomic E-state index is 13.0. The Hall–Kier alpha value is -2.25. The molecule has 0 saturated heterocycles. The molecule has 144 valence electrons. The van der Waals surface area contributed by atoms with E-state index in [2.05, 4.69) is 0 Å². The standard InChI is InChI=1S/C19H20ClNO5S/c1-25-17-10-7-13(11-18(17)26-27(2,23)24)12-21(14-8-9-14)19(22)15-5-3-4-6-16(15)20/h3-7,10-11,14H,8-9,12H2,1-2H3. The van der Waals surface area contributed by atoms with Crippen LogP contribution in [0, 0.1) is 0 Å². The van der Waals surface area contributed by atoms with Crippen LogP contribution in [0.4, 0.5) is 0 Å². The monoisotopic (exact) mass is 409 g/mol. The maximum absolute atomic E-state index is 13.0. The summed E-state index contributed by atoms with van der Waals surface area (Å²) >= 11 is 6.18. The molecule has 0 radical (unpaired) electrons. The lowest BCUT2D eigenvalue weighted by molar-refractivity contribution is 0.0730. The molecule has 2 aromatic rings. The van der Waals surface area contributed by atoms with Crippen molar-refractivity contribution in [3.63, 3.8) is 0 Å². The van der Waals surface area contributed by atoms with Crippen molar-refractivity contribution in [2.75, 3.05) is 13.4 Å². The molecule has 0 atom stereocenters. The van der Waals surface area contributed by atoms with Gasteiger partial charge in [-0.15, -0.1) is 0 Å². The number of hydrogen-bond acceptors (Lipinski definition) is 5. The van der Waals surface area contributed by atoms with Gasteiger partial charge in [-0.2, -0.15) is 8.42 Å². The van der Waals surface area contributed by atoms with Crippen LogP contribution in [0.2, 0.25) is 5.02 Å². The van der Waals surface area contributed by atoms with E-state index in [0.29, 0.717) is 22.9 Å². The number of methoxy groups -OCH3 is 1. The molecule has 0 heterocycles. The van der Waals surface area contributed by atoms with Gasteiger partial charge in [0.15, 0.2) is 11.5 Å². The molecule has 1 fully saturated rings. The van der Waals surface area contributed by atoms with Crippen molar-refractivity contribution in [1.29, 1.82) is 0 Å². The highest BCUT2D eigenvalue weighted by molar-refractivity contribution is 7.86. The van der Waals surface area contributed by atoms with Gasteiger partial charge in [-0.1, -0.05) is 29.8 Å². The van der Waals surface area contributed by atoms with Gasteiger partial charge in [-0.3, -0.25) is 4.79 Å². The average Bonchev–Trinajstić information content (AvgIpc) is 3.43. The van der Waals surface area contributed by atoms with E-state index in [1.807, 2.05) is 0 Å². The molecular formula is C19H20ClNO5S. The Labute approximate surface area is 163 Å². The van der Waals surface area contributed by atoms with Crippen molar-refractivity contribution >= 4 is 27.6 Å². The second-order valence-corrected chi connectivity index (χ2v) is 8.40. The van der Waals surface area contributed by atoms with E-state index < -0.39 is 10.1 Å². The smallest absolute Gasteiger partial charge is 0.306 e. The molecule has 27 heavy (non-hydrogen) atoms. The number of nitrogens with zero attached hydrogens (tertiary/aromatic N) is 1. The van der Waals surface area contributed by atoms with Gasteiger partial charge in [-0.25, -0.2) is 0 Å². The number of carbonyl (C=O) groups excluding carboxylic acids is 1. The van der Waals surface area contributed by atoms with Crippen LogP contribution in [0.25, 0.3) is 0 Å². The predicted molar refractivity (Wildman–Crippen MR) is 103 cm³/mol. The molecular weight excluding hydrogens is 390 g/mol. The van der Waals surface area contributed by atoms with Crippen molar-refractivity contribution in [3.05, 3.63) is 58.6 Å². The number of halogens is 1. The summed E-state index contributed by atoms with van der Waals surface area (Å²) in [6.45, 7) is 0.318. The zero-order chi connectivity index (χ0) is 19.6. The maximum Gasteiger partial charge on any atom is 0.306 e. The molecule has 0 aliphatic heterocycles. The Morgan fingerprint density at radius 2 is 1.89 bits per heavy atom. The van der Waals surface area contributed by atoms with Crippen LogP contribution in [-0.2, 0) is 16.7 Å². The van der Waals surface area contributed by atoms with E-state index in [-0.39, 0.29) is 17.7 Å². The van der Waals surface area contributed by atoms with Crippen LogP contribution in [0.15, 0.2) is 42.5 Å². The van der Waals surface area contributed by atoms with E-state index in [0.717, 1.165) is 24.7 Å². The first-order valence-electron chi connectivity index (χ1n) is 8.40. The molecule has 1 aliphatic rings. The van der Waals surface area contributed by atoms with E-state index in [9.17, 15) is 13.2 Å². The van der Waals surface area contributed by atoms with Crippen LogP contribution in [0.5, 0.6) is 11.5 Å². The largest absolute Gasteiger partial charge is 0.493 e. The van der Waals surface area contributed by atoms with Gasteiger partial charge in [0.1, 0.15) is 0 Å². The zero-order valence-corrected chi connectivity index (χ0v) is 16.6. The van der Waals surface area contributed by atoms with Gasteiger partial charge in [-0.05, 0) is 42.7 Å². The summed E-state index contributed by atoms with van der Waals surface area (Å²) in [6, 6.07) is 12.1. The first-order valence-corrected chi connectivity index (χ1v) is 10.6. The lowest BCUT2D eigenvalue weighted by Gasteiger charge is -2.23. The van der Waals surface area contributed by atoms with E-state index in [4.69, 9.17) is 20.5 Å². The number of carbonyl (C=O) groups is 1. The van der Waals surface area contributed by atoms with Crippen molar-refractivity contribution < 1.29 is 22.1 Å². The molecule has 6 nitrogen and oxygen atoms in total. The van der Waals surface area contributed by atoms with Crippen LogP contribution in [0.3, 0.4) is 0 Å². The molecule has 0 aromatic heterocycles. The van der Waals surface area contributed by atoms with Crippen molar-refractivity contribution in [2.45, 2.75) is 25.4 Å². The average molecular weight is 410 g/mol. The Balaban J connectivity index is 1.88. The normalized spacial score (nSPS) is 13.9. The van der Waals surface area contributed by atoms with Crippen molar-refractivity contribution in [2.24, 2.45) is 0 Å². The molecule has 8 heteroatoms. The summed E-state index contributed by atoms with van der Waals surface area (Å²) in [6.07, 6.45) is 2.83. The SMILES string of the molecule is COc1ccc(CN(C(=O)c2ccccc2Cl)C2CC2)cc1OS(C)(=O)=O. The fourth-order valence-electron chi connectivity index (χ4n) is 2.79. The second kappa shape index (κ2) is 7.78. The van der Waals surface area contributed by atoms with E-state index in [1.54, 1.807) is 47.4 Å². The zero-order valence-electron chi connectivity index (χ0n) is 15.0. The highest BCUT2D eigenvalue weighted by Crippen LogP contribution is 2.34. The van der Waals surface area contributed by atoms with Gasteiger partial charge >= 0.3 is 10.1 Å². The number of hydrogen-bond donors (Lipinski definition) is 0. The highest BCUT2D eigenvalue weighted by atomic mass is 35.5. The quantitative estimate of drug-likeness (QED) is 0.654. The predicted octanol–water partition coefficient (Wildman–Crippen LogP) is 3.49. The third-order valence-corrected chi connectivity index (χ3v) is 4.99. The molecule has 1 saturated carbocycles. The minimum Gasteiger partial charge on any atom is -0.493 e. The summed E-state index contributed by atoms with van der Waals surface area (Å²) in [7, 11) is -2.27. The van der Waals surface area contributed by atoms with Crippen molar-refractivity contribution in [3.8, 4) is 11.5 Å². The lowest BCUT2D eigenvalue weighted by Crippen LogP contribution is -2.32. The summed E-state index contributed by atoms with van der Waals surface area (Å²) < 4.78 is 33.2.